The number of nitrogens with two attached hydrogens (primary N) is 1. The number of benzene rings is 1. The fourth-order valence-electron chi connectivity index (χ4n) is 1.05. The minimum atomic E-state index is -0.616. The van der Waals surface area contributed by atoms with Crippen LogP contribution in [0.25, 0.3) is 0 Å². The summed E-state index contributed by atoms with van der Waals surface area (Å²) >= 11 is 0. The highest BCUT2D eigenvalue weighted by atomic mass is 16.6. The number of hydrogen-bond acceptors (Lipinski definition) is 5. The number of amides is 1. The third kappa shape index (κ3) is 2.52. The van der Waals surface area contributed by atoms with Crippen LogP contribution in [0.5, 0.6) is 0 Å². The number of anilines is 1. The minimum Gasteiger partial charge on any atom is -0.324 e. The average Bonchev–Trinajstić information content (AvgIpc) is 2.29. The molecule has 0 saturated heterocycles. The molecule has 1 aromatic carbocycles. The summed E-state index contributed by atoms with van der Waals surface area (Å²) in [4.78, 5) is 20.8. The van der Waals surface area contributed by atoms with E-state index >= 15 is 0 Å². The van der Waals surface area contributed by atoms with Gasteiger partial charge in [-0.15, -0.1) is 0 Å². The average molecular weight is 220 g/mol. The lowest BCUT2D eigenvalue weighted by molar-refractivity contribution is -0.384. The molecule has 0 aromatic heterocycles. The summed E-state index contributed by atoms with van der Waals surface area (Å²) in [6.07, 6.45) is 0. The Kier molecular flexibility index (Phi) is 3.53. The second-order valence-corrected chi connectivity index (χ2v) is 2.85. The number of nitrogens with one attached hydrogen (secondary N) is 1. The molecule has 0 aliphatic rings. The van der Waals surface area contributed by atoms with E-state index in [0.29, 0.717) is 0 Å². The maximum Gasteiger partial charge on any atom is 0.270 e. The Morgan fingerprint density at radius 2 is 2.31 bits per heavy atom. The summed E-state index contributed by atoms with van der Waals surface area (Å²) in [6.45, 7) is -0.220. The van der Waals surface area contributed by atoms with Crippen molar-refractivity contribution in [2.75, 3.05) is 11.9 Å². The molecule has 1 amide bonds. The van der Waals surface area contributed by atoms with Crippen LogP contribution < -0.4 is 11.1 Å². The molecule has 82 valence electrons. The van der Waals surface area contributed by atoms with Gasteiger partial charge in [0.1, 0.15) is 6.07 Å². The van der Waals surface area contributed by atoms with Crippen LogP contribution in [0.3, 0.4) is 0 Å². The molecular formula is C9H8N4O3. The fourth-order valence-corrected chi connectivity index (χ4v) is 1.05. The normalized spacial score (nSPS) is 9.25. The number of carbonyl (C=O) groups is 1. The number of nitrogens with zero attached hydrogens (tertiary/aromatic N) is 2. The molecule has 0 spiro atoms. The van der Waals surface area contributed by atoms with Crippen molar-refractivity contribution in [1.29, 1.82) is 5.26 Å². The van der Waals surface area contributed by atoms with E-state index in [1.54, 1.807) is 6.07 Å². The van der Waals surface area contributed by atoms with E-state index in [0.717, 1.165) is 6.07 Å². The number of non-ortho nitro benzene ring substituents is 1. The predicted octanol–water partition coefficient (Wildman–Crippen LogP) is 0.364. The smallest absolute Gasteiger partial charge is 0.270 e. The molecule has 1 aromatic rings. The standard InChI is InChI=1S/C9H8N4O3/c10-4-6-3-7(13(15)16)1-2-8(6)12-9(14)5-11/h1-3H,5,11H2,(H,12,14). The van der Waals surface area contributed by atoms with Gasteiger partial charge >= 0.3 is 0 Å². The monoisotopic (exact) mass is 220 g/mol. The zero-order valence-corrected chi connectivity index (χ0v) is 8.14. The second kappa shape index (κ2) is 4.86. The molecule has 0 heterocycles. The zero-order chi connectivity index (χ0) is 12.1. The lowest BCUT2D eigenvalue weighted by Crippen LogP contribution is -2.22. The topological polar surface area (TPSA) is 122 Å². The molecule has 7 nitrogen and oxygen atoms in total. The number of hydrogen-bond donors (Lipinski definition) is 2. The van der Waals surface area contributed by atoms with E-state index in [2.05, 4.69) is 5.32 Å². The molecule has 0 radical (unpaired) electrons. The van der Waals surface area contributed by atoms with Gasteiger partial charge in [0.25, 0.3) is 5.69 Å². The van der Waals surface area contributed by atoms with Gasteiger partial charge in [-0.3, -0.25) is 14.9 Å². The molecule has 1 rings (SSSR count). The van der Waals surface area contributed by atoms with E-state index in [9.17, 15) is 14.9 Å². The van der Waals surface area contributed by atoms with Gasteiger partial charge in [0.2, 0.25) is 5.91 Å². The number of nitriles is 1. The van der Waals surface area contributed by atoms with Crippen LogP contribution in [-0.4, -0.2) is 17.4 Å². The van der Waals surface area contributed by atoms with Gasteiger partial charge in [-0.05, 0) is 6.07 Å². The molecule has 0 bridgehead atoms. The lowest BCUT2D eigenvalue weighted by atomic mass is 10.1. The largest absolute Gasteiger partial charge is 0.324 e. The summed E-state index contributed by atoms with van der Waals surface area (Å²) in [5, 5.41) is 21.6. The zero-order valence-electron chi connectivity index (χ0n) is 8.14. The first-order chi connectivity index (χ1) is 7.58. The van der Waals surface area contributed by atoms with Crippen molar-refractivity contribution < 1.29 is 9.72 Å². The Morgan fingerprint density at radius 3 is 2.81 bits per heavy atom. The van der Waals surface area contributed by atoms with Crippen LogP contribution >= 0.6 is 0 Å². The van der Waals surface area contributed by atoms with E-state index in [1.165, 1.54) is 12.1 Å². The molecule has 7 heteroatoms. The van der Waals surface area contributed by atoms with Gasteiger partial charge in [0.15, 0.2) is 0 Å². The summed E-state index contributed by atoms with van der Waals surface area (Å²) in [6, 6.07) is 5.35. The Labute approximate surface area is 90.6 Å². The third-order valence-corrected chi connectivity index (χ3v) is 1.79. The summed E-state index contributed by atoms with van der Waals surface area (Å²) in [7, 11) is 0. The second-order valence-electron chi connectivity index (χ2n) is 2.85. The predicted molar refractivity (Wildman–Crippen MR) is 55.5 cm³/mol. The van der Waals surface area contributed by atoms with Crippen molar-refractivity contribution >= 4 is 17.3 Å². The van der Waals surface area contributed by atoms with Crippen molar-refractivity contribution in [1.82, 2.24) is 0 Å². The lowest BCUT2D eigenvalue weighted by Gasteiger charge is -2.04. The third-order valence-electron chi connectivity index (χ3n) is 1.79. The maximum absolute atomic E-state index is 11.0. The van der Waals surface area contributed by atoms with Crippen LogP contribution in [-0.2, 0) is 4.79 Å². The minimum absolute atomic E-state index is 0.0241. The van der Waals surface area contributed by atoms with Crippen LogP contribution in [0.1, 0.15) is 5.56 Å². The molecular weight excluding hydrogens is 212 g/mol. The van der Waals surface area contributed by atoms with Gasteiger partial charge in [-0.25, -0.2) is 0 Å². The van der Waals surface area contributed by atoms with E-state index < -0.39 is 10.8 Å². The Morgan fingerprint density at radius 1 is 1.62 bits per heavy atom. The van der Waals surface area contributed by atoms with Crippen LogP contribution in [0.2, 0.25) is 0 Å². The molecule has 0 saturated carbocycles. The first-order valence-corrected chi connectivity index (χ1v) is 4.27. The van der Waals surface area contributed by atoms with E-state index in [-0.39, 0.29) is 23.5 Å². The molecule has 0 atom stereocenters. The van der Waals surface area contributed by atoms with Crippen LogP contribution in [0, 0.1) is 21.4 Å². The molecule has 0 aliphatic heterocycles. The van der Waals surface area contributed by atoms with Gasteiger partial charge in [0.05, 0.1) is 22.7 Å². The summed E-state index contributed by atoms with van der Waals surface area (Å²) in [5.41, 5.74) is 5.12. The van der Waals surface area contributed by atoms with E-state index in [4.69, 9.17) is 11.0 Å². The van der Waals surface area contributed by atoms with E-state index in [1.807, 2.05) is 0 Å². The van der Waals surface area contributed by atoms with Crippen molar-refractivity contribution in [2.24, 2.45) is 5.73 Å². The van der Waals surface area contributed by atoms with Gasteiger partial charge in [-0.1, -0.05) is 0 Å². The molecule has 3 N–H and O–H groups in total. The number of rotatable bonds is 3. The highest BCUT2D eigenvalue weighted by molar-refractivity contribution is 5.93. The fraction of sp³-hybridized carbons (Fsp3) is 0.111. The quantitative estimate of drug-likeness (QED) is 0.562. The number of nitro benzene ring substituents is 1. The van der Waals surface area contributed by atoms with Crippen LogP contribution in [0.15, 0.2) is 18.2 Å². The Bertz CT molecular complexity index is 478. The molecule has 0 aliphatic carbocycles. The van der Waals surface area contributed by atoms with Gasteiger partial charge in [0, 0.05) is 12.1 Å². The van der Waals surface area contributed by atoms with Crippen molar-refractivity contribution in [3.63, 3.8) is 0 Å². The Balaban J connectivity index is 3.08. The summed E-state index contributed by atoms with van der Waals surface area (Å²) in [5.74, 6) is -0.467. The molecule has 16 heavy (non-hydrogen) atoms. The highest BCUT2D eigenvalue weighted by Gasteiger charge is 2.11. The van der Waals surface area contributed by atoms with Gasteiger partial charge < -0.3 is 11.1 Å². The first-order valence-electron chi connectivity index (χ1n) is 4.27. The SMILES string of the molecule is N#Cc1cc([N+](=O)[O-])ccc1NC(=O)CN. The van der Waals surface area contributed by atoms with Crippen molar-refractivity contribution in [3.8, 4) is 6.07 Å². The highest BCUT2D eigenvalue weighted by Crippen LogP contribution is 2.21. The maximum atomic E-state index is 11.0. The number of carbonyl (C=O) groups excluding carboxylic acids is 1. The Hall–Kier alpha value is -2.46. The molecule has 0 fully saturated rings. The van der Waals surface area contributed by atoms with Crippen molar-refractivity contribution in [3.05, 3.63) is 33.9 Å². The molecule has 0 unspecified atom stereocenters. The van der Waals surface area contributed by atoms with Crippen LogP contribution in [0.4, 0.5) is 11.4 Å². The summed E-state index contributed by atoms with van der Waals surface area (Å²) < 4.78 is 0. The van der Waals surface area contributed by atoms with Crippen molar-refractivity contribution in [2.45, 2.75) is 0 Å². The van der Waals surface area contributed by atoms with Gasteiger partial charge in [-0.2, -0.15) is 5.26 Å². The number of nitro groups is 1. The first kappa shape index (κ1) is 11.6.